The third-order valence-corrected chi connectivity index (χ3v) is 4.54. The van der Waals surface area contributed by atoms with Crippen molar-refractivity contribution >= 4 is 171 Å². The predicted octanol–water partition coefficient (Wildman–Crippen LogP) is -9.67. The molecule has 0 amide bonds. The first kappa shape index (κ1) is 25.6. The first-order valence-corrected chi connectivity index (χ1v) is 7.82. The van der Waals surface area contributed by atoms with Gasteiger partial charge in [0.1, 0.15) is 0 Å². The maximum Gasteiger partial charge on any atom is 0.0326 e. The van der Waals surface area contributed by atoms with Crippen LogP contribution >= 0.6 is 0 Å². The predicted molar refractivity (Wildman–Crippen MR) is 141 cm³/mol. The summed E-state index contributed by atoms with van der Waals surface area (Å²) in [5.74, 6) is 0. The maximum atomic E-state index is 6.23. The van der Waals surface area contributed by atoms with E-state index < -0.39 is 70.2 Å². The molecule has 0 N–H and O–H groups in total. The Morgan fingerprint density at radius 3 is 0.792 bits per heavy atom. The van der Waals surface area contributed by atoms with Gasteiger partial charge in [-0.3, -0.25) is 0 Å². The molecule has 0 heterocycles. The molecule has 0 spiro atoms. The summed E-state index contributed by atoms with van der Waals surface area (Å²) >= 11 is 0. The molecule has 74 valence electrons. The molecule has 0 aliphatic carbocycles. The first-order chi connectivity index (χ1) is 10.8. The van der Waals surface area contributed by atoms with Gasteiger partial charge in [-0.05, 0) is 0 Å². The van der Waals surface area contributed by atoms with Gasteiger partial charge in [0.05, 0.1) is 0 Å². The summed E-state index contributed by atoms with van der Waals surface area (Å²) in [5, 5.41) is 0. The van der Waals surface area contributed by atoms with E-state index in [0.29, 0.717) is 0 Å². The lowest BCUT2D eigenvalue weighted by atomic mass is 8.35. The zero-order valence-electron chi connectivity index (χ0n) is 14.1. The SMILES string of the molecule is [B]B([B])B(B([B])[B])B(B(B([B])[B])B([B])[B])B(B([B])[B])B([B])B([BH])[BH]. The van der Waals surface area contributed by atoms with Crippen LogP contribution in [-0.4, -0.2) is 171 Å². The van der Waals surface area contributed by atoms with Gasteiger partial charge in [0.2, 0.25) is 0 Å². The quantitative estimate of drug-likeness (QED) is 0.343. The highest BCUT2D eigenvalue weighted by Gasteiger charge is 2.48. The van der Waals surface area contributed by atoms with E-state index in [4.69, 9.17) is 85.1 Å². The molecular formula is H2B24. The molecule has 0 unspecified atom stereocenters. The van der Waals surface area contributed by atoms with Gasteiger partial charge in [-0.2, -0.15) is 0 Å². The second-order valence-corrected chi connectivity index (χ2v) is 6.53. The minimum absolute atomic E-state index is 0.445. The van der Waals surface area contributed by atoms with Crippen molar-refractivity contribution in [1.82, 2.24) is 0 Å². The Morgan fingerprint density at radius 2 is 0.625 bits per heavy atom. The largest absolute Gasteiger partial charge is 0.0326 e. The Bertz CT molecular complexity index is 285. The highest BCUT2D eigenvalue weighted by atomic mass is 13.3. The van der Waals surface area contributed by atoms with Crippen molar-refractivity contribution in [2.24, 2.45) is 0 Å². The third-order valence-electron chi connectivity index (χ3n) is 4.54. The fourth-order valence-corrected chi connectivity index (χ4v) is 3.39. The molecule has 0 rings (SSSR count). The number of hydrogen-bond donors (Lipinski definition) is 0. The molecule has 0 aromatic rings. The molecule has 0 aromatic carbocycles. The fraction of sp³-hybridized carbons (Fsp3) is 0. The lowest BCUT2D eigenvalue weighted by molar-refractivity contribution is 3.29. The summed E-state index contributed by atoms with van der Waals surface area (Å²) < 4.78 is 0. The highest BCUT2D eigenvalue weighted by Crippen LogP contribution is 2.09. The molecule has 0 saturated carbocycles. The lowest BCUT2D eigenvalue weighted by Crippen LogP contribution is -2.84. The standard InChI is InChI=1S/B24H2/c1-14(2)20(13)23(19(11)12)24(21(15(3)4)16(5)6)22(17(7)8)18(9)10/h1-2H. The maximum absolute atomic E-state index is 6.23. The second-order valence-electron chi connectivity index (χ2n) is 6.53. The van der Waals surface area contributed by atoms with Crippen molar-refractivity contribution in [2.45, 2.75) is 0 Å². The van der Waals surface area contributed by atoms with Gasteiger partial charge in [-0.1, -0.05) is 0 Å². The molecule has 24 heteroatoms. The minimum atomic E-state index is -0.920. The molecule has 0 aliphatic rings. The van der Waals surface area contributed by atoms with Gasteiger partial charge in [0.25, 0.3) is 0 Å². The van der Waals surface area contributed by atoms with E-state index in [-0.39, 0.29) is 0 Å². The Hall–Kier alpha value is 1.56. The summed E-state index contributed by atoms with van der Waals surface area (Å²) in [6.45, 7) is 0. The van der Waals surface area contributed by atoms with Crippen molar-refractivity contribution in [3.05, 3.63) is 0 Å². The first-order valence-electron chi connectivity index (χ1n) is 7.82. The van der Waals surface area contributed by atoms with Gasteiger partial charge in [-0.15, -0.1) is 0 Å². The van der Waals surface area contributed by atoms with E-state index >= 15 is 0 Å². The van der Waals surface area contributed by atoms with Crippen LogP contribution in [0.25, 0.3) is 0 Å². The molecular weight excluding hydrogens is 259 g/mol. The molecule has 0 nitrogen and oxygen atoms in total. The van der Waals surface area contributed by atoms with Crippen LogP contribution in [0.3, 0.4) is 0 Å². The van der Waals surface area contributed by atoms with Crippen molar-refractivity contribution in [3.63, 3.8) is 0 Å². The summed E-state index contributed by atoms with van der Waals surface area (Å²) in [7, 11) is 72.9. The Labute approximate surface area is 170 Å². The number of rotatable bonds is 10. The van der Waals surface area contributed by atoms with Gasteiger partial charge < -0.3 is 0 Å². The molecule has 0 fully saturated rings. The molecule has 24 radical (unpaired) electrons. The average Bonchev–Trinajstić information content (AvgIpc) is 2.35. The van der Waals surface area contributed by atoms with Crippen molar-refractivity contribution < 1.29 is 0 Å². The van der Waals surface area contributed by atoms with Crippen LogP contribution in [0, 0.1) is 0 Å². The van der Waals surface area contributed by atoms with Crippen LogP contribution in [0.15, 0.2) is 0 Å². The van der Waals surface area contributed by atoms with Crippen molar-refractivity contribution in [2.75, 3.05) is 0 Å². The van der Waals surface area contributed by atoms with Crippen LogP contribution in [0.4, 0.5) is 0 Å². The third kappa shape index (κ3) is 6.94. The van der Waals surface area contributed by atoms with Gasteiger partial charge >= 0.3 is 0 Å². The van der Waals surface area contributed by atoms with Crippen LogP contribution < -0.4 is 0 Å². The molecule has 0 saturated heterocycles. The minimum Gasteiger partial charge on any atom is 0.0000000000000235 e. The van der Waals surface area contributed by atoms with Crippen molar-refractivity contribution in [3.8, 4) is 0 Å². The fourth-order valence-electron chi connectivity index (χ4n) is 3.39. The second kappa shape index (κ2) is 11.4. The Balaban J connectivity index is 6.24. The molecule has 0 aliphatic heterocycles. The molecule has 0 bridgehead atoms. The highest BCUT2D eigenvalue weighted by molar-refractivity contribution is 8.23. The lowest BCUT2D eigenvalue weighted by Gasteiger charge is -2.46. The average molecular weight is 262 g/mol. The summed E-state index contributed by atoms with van der Waals surface area (Å²) in [6, 6.07) is 0. The van der Waals surface area contributed by atoms with E-state index in [1.54, 1.807) is 0 Å². The summed E-state index contributed by atoms with van der Waals surface area (Å²) in [6.07, 6.45) is -8.28. The van der Waals surface area contributed by atoms with E-state index in [1.807, 2.05) is 0 Å². The molecule has 0 atom stereocenters. The zero-order valence-corrected chi connectivity index (χ0v) is 14.1. The van der Waals surface area contributed by atoms with Crippen molar-refractivity contribution in [1.29, 1.82) is 0 Å². The van der Waals surface area contributed by atoms with E-state index in [1.165, 1.54) is 0 Å². The van der Waals surface area contributed by atoms with Gasteiger partial charge in [0, 0.05) is 171 Å². The van der Waals surface area contributed by atoms with E-state index in [2.05, 4.69) is 15.5 Å². The summed E-state index contributed by atoms with van der Waals surface area (Å²) in [5.41, 5.74) is 0. The van der Waals surface area contributed by atoms with Crippen LogP contribution in [0.1, 0.15) is 0 Å². The monoisotopic (exact) mass is 266 g/mol. The van der Waals surface area contributed by atoms with Gasteiger partial charge in [-0.25, -0.2) is 0 Å². The van der Waals surface area contributed by atoms with Gasteiger partial charge in [0.15, 0.2) is 0 Å². The molecule has 24 heavy (non-hydrogen) atoms. The topological polar surface area (TPSA) is 0 Å². The zero-order chi connectivity index (χ0) is 19.4. The van der Waals surface area contributed by atoms with Crippen LogP contribution in [-0.2, 0) is 0 Å². The molecule has 0 aromatic heterocycles. The van der Waals surface area contributed by atoms with Crippen LogP contribution in [0.2, 0.25) is 0 Å². The van der Waals surface area contributed by atoms with E-state index in [0.717, 1.165) is 0 Å². The van der Waals surface area contributed by atoms with Crippen LogP contribution in [0.5, 0.6) is 0 Å². The number of hydrogen-bond acceptors (Lipinski definition) is 0. The normalized spacial score (nSPS) is 9.33. The Morgan fingerprint density at radius 1 is 0.375 bits per heavy atom. The van der Waals surface area contributed by atoms with E-state index in [9.17, 15) is 0 Å². The smallest absolute Gasteiger partial charge is 0.0000000000000235 e. The summed E-state index contributed by atoms with van der Waals surface area (Å²) in [4.78, 5) is 0. The Kier molecular flexibility index (Phi) is 12.2.